The van der Waals surface area contributed by atoms with E-state index in [1.165, 1.54) is 10.5 Å². The Kier molecular flexibility index (Phi) is 4.94. The maximum absolute atomic E-state index is 12.3. The molecule has 0 spiro atoms. The van der Waals surface area contributed by atoms with Crippen molar-refractivity contribution in [1.82, 2.24) is 4.90 Å². The standard InChI is InChI=1S/C20H21NO3/c1-2-7-15-8-5-9-16(14-15)24-13-6-12-21-19(22)17-10-3-4-11-18(17)20(21)23/h3-5,8-11,14H,2,6-7,12-13H2,1H3. The van der Waals surface area contributed by atoms with Crippen LogP contribution in [-0.2, 0) is 6.42 Å². The minimum absolute atomic E-state index is 0.208. The number of hydrogen-bond acceptors (Lipinski definition) is 3. The smallest absolute Gasteiger partial charge is 0.261 e. The van der Waals surface area contributed by atoms with Crippen LogP contribution >= 0.6 is 0 Å². The molecule has 2 amide bonds. The number of carbonyl (C=O) groups is 2. The van der Waals surface area contributed by atoms with Gasteiger partial charge in [0.05, 0.1) is 17.7 Å². The number of amides is 2. The molecule has 0 aromatic heterocycles. The van der Waals surface area contributed by atoms with E-state index in [0.29, 0.717) is 30.7 Å². The lowest BCUT2D eigenvalue weighted by atomic mass is 10.1. The lowest BCUT2D eigenvalue weighted by molar-refractivity contribution is 0.0647. The van der Waals surface area contributed by atoms with Crippen LogP contribution in [0.25, 0.3) is 0 Å². The Morgan fingerprint density at radius 3 is 2.33 bits per heavy atom. The summed E-state index contributed by atoms with van der Waals surface area (Å²) in [5.41, 5.74) is 2.25. The Morgan fingerprint density at radius 2 is 1.67 bits per heavy atom. The Balaban J connectivity index is 1.52. The first kappa shape index (κ1) is 16.2. The summed E-state index contributed by atoms with van der Waals surface area (Å²) in [6, 6.07) is 15.0. The van der Waals surface area contributed by atoms with Crippen LogP contribution in [0.4, 0.5) is 0 Å². The Morgan fingerprint density at radius 1 is 0.958 bits per heavy atom. The van der Waals surface area contributed by atoms with Gasteiger partial charge in [-0.15, -0.1) is 0 Å². The summed E-state index contributed by atoms with van der Waals surface area (Å²) in [6.45, 7) is 3.00. The van der Waals surface area contributed by atoms with Crippen molar-refractivity contribution in [3.05, 3.63) is 65.2 Å². The molecular formula is C20H21NO3. The molecule has 0 saturated carbocycles. The number of carbonyl (C=O) groups excluding carboxylic acids is 2. The van der Waals surface area contributed by atoms with Crippen molar-refractivity contribution in [1.29, 1.82) is 0 Å². The highest BCUT2D eigenvalue weighted by atomic mass is 16.5. The first-order chi connectivity index (χ1) is 11.7. The van der Waals surface area contributed by atoms with Crippen LogP contribution in [0, 0.1) is 0 Å². The molecule has 4 heteroatoms. The average Bonchev–Trinajstić information content (AvgIpc) is 2.84. The fraction of sp³-hybridized carbons (Fsp3) is 0.300. The second-order valence-electron chi connectivity index (χ2n) is 5.91. The van der Waals surface area contributed by atoms with Gasteiger partial charge in [0.2, 0.25) is 0 Å². The van der Waals surface area contributed by atoms with Crippen LogP contribution in [0.2, 0.25) is 0 Å². The largest absolute Gasteiger partial charge is 0.494 e. The second-order valence-corrected chi connectivity index (χ2v) is 5.91. The Hall–Kier alpha value is -2.62. The number of imide groups is 1. The molecule has 0 unspecified atom stereocenters. The molecule has 3 rings (SSSR count). The summed E-state index contributed by atoms with van der Waals surface area (Å²) in [5, 5.41) is 0. The van der Waals surface area contributed by atoms with Crippen LogP contribution < -0.4 is 4.74 Å². The molecule has 1 aliphatic rings. The van der Waals surface area contributed by atoms with Crippen molar-refractivity contribution < 1.29 is 14.3 Å². The van der Waals surface area contributed by atoms with Crippen molar-refractivity contribution >= 4 is 11.8 Å². The van der Waals surface area contributed by atoms with E-state index in [9.17, 15) is 9.59 Å². The lowest BCUT2D eigenvalue weighted by Gasteiger charge is -2.14. The van der Waals surface area contributed by atoms with Gasteiger partial charge >= 0.3 is 0 Å². The molecule has 124 valence electrons. The fourth-order valence-corrected chi connectivity index (χ4v) is 2.93. The van der Waals surface area contributed by atoms with Gasteiger partial charge in [-0.3, -0.25) is 14.5 Å². The van der Waals surface area contributed by atoms with Gasteiger partial charge in [0.25, 0.3) is 11.8 Å². The summed E-state index contributed by atoms with van der Waals surface area (Å²) in [5.74, 6) is 0.421. The summed E-state index contributed by atoms with van der Waals surface area (Å²) in [4.78, 5) is 25.8. The third-order valence-corrected chi connectivity index (χ3v) is 4.11. The van der Waals surface area contributed by atoms with E-state index >= 15 is 0 Å². The van der Waals surface area contributed by atoms with Gasteiger partial charge in [0.15, 0.2) is 0 Å². The monoisotopic (exact) mass is 323 g/mol. The summed E-state index contributed by atoms with van der Waals surface area (Å²) in [6.07, 6.45) is 2.75. The lowest BCUT2D eigenvalue weighted by Crippen LogP contribution is -2.31. The van der Waals surface area contributed by atoms with Crippen molar-refractivity contribution in [2.75, 3.05) is 13.2 Å². The molecular weight excluding hydrogens is 302 g/mol. The number of fused-ring (bicyclic) bond motifs is 1. The van der Waals surface area contributed by atoms with E-state index in [-0.39, 0.29) is 11.8 Å². The highest BCUT2D eigenvalue weighted by molar-refractivity contribution is 6.21. The van der Waals surface area contributed by atoms with Crippen molar-refractivity contribution in [2.24, 2.45) is 0 Å². The molecule has 0 fully saturated rings. The first-order valence-electron chi connectivity index (χ1n) is 8.37. The second kappa shape index (κ2) is 7.30. The molecule has 0 bridgehead atoms. The Labute approximate surface area is 142 Å². The number of aryl methyl sites for hydroxylation is 1. The Bertz CT molecular complexity index is 719. The molecule has 0 saturated heterocycles. The van der Waals surface area contributed by atoms with Crippen LogP contribution in [0.1, 0.15) is 46.0 Å². The van der Waals surface area contributed by atoms with Gasteiger partial charge in [-0.05, 0) is 42.7 Å². The van der Waals surface area contributed by atoms with Gasteiger partial charge in [0, 0.05) is 6.54 Å². The summed E-state index contributed by atoms with van der Waals surface area (Å²) < 4.78 is 5.75. The summed E-state index contributed by atoms with van der Waals surface area (Å²) >= 11 is 0. The fourth-order valence-electron chi connectivity index (χ4n) is 2.93. The van der Waals surface area contributed by atoms with Gasteiger partial charge in [-0.2, -0.15) is 0 Å². The maximum atomic E-state index is 12.3. The topological polar surface area (TPSA) is 46.6 Å². The molecule has 1 heterocycles. The molecule has 0 radical (unpaired) electrons. The maximum Gasteiger partial charge on any atom is 0.261 e. The minimum atomic E-state index is -0.208. The van der Waals surface area contributed by atoms with Crippen LogP contribution in [-0.4, -0.2) is 29.9 Å². The number of hydrogen-bond donors (Lipinski definition) is 0. The third-order valence-electron chi connectivity index (χ3n) is 4.11. The SMILES string of the molecule is CCCc1cccc(OCCCN2C(=O)c3ccccc3C2=O)c1. The summed E-state index contributed by atoms with van der Waals surface area (Å²) in [7, 11) is 0. The van der Waals surface area contributed by atoms with E-state index in [1.807, 2.05) is 18.2 Å². The van der Waals surface area contributed by atoms with Gasteiger partial charge in [-0.1, -0.05) is 37.6 Å². The number of rotatable bonds is 7. The van der Waals surface area contributed by atoms with Crippen molar-refractivity contribution in [2.45, 2.75) is 26.2 Å². The minimum Gasteiger partial charge on any atom is -0.494 e. The molecule has 2 aromatic rings. The van der Waals surface area contributed by atoms with Crippen LogP contribution in [0.15, 0.2) is 48.5 Å². The zero-order valence-electron chi connectivity index (χ0n) is 13.8. The zero-order chi connectivity index (χ0) is 16.9. The van der Waals surface area contributed by atoms with Crippen molar-refractivity contribution in [3.8, 4) is 5.75 Å². The zero-order valence-corrected chi connectivity index (χ0v) is 13.8. The average molecular weight is 323 g/mol. The van der Waals surface area contributed by atoms with E-state index in [2.05, 4.69) is 13.0 Å². The number of ether oxygens (including phenoxy) is 1. The molecule has 0 N–H and O–H groups in total. The van der Waals surface area contributed by atoms with E-state index in [1.54, 1.807) is 24.3 Å². The predicted molar refractivity (Wildman–Crippen MR) is 92.4 cm³/mol. The van der Waals surface area contributed by atoms with E-state index in [0.717, 1.165) is 18.6 Å². The van der Waals surface area contributed by atoms with E-state index < -0.39 is 0 Å². The molecule has 4 nitrogen and oxygen atoms in total. The quantitative estimate of drug-likeness (QED) is 0.576. The highest BCUT2D eigenvalue weighted by Crippen LogP contribution is 2.22. The molecule has 0 atom stereocenters. The molecule has 2 aromatic carbocycles. The van der Waals surface area contributed by atoms with Gasteiger partial charge in [0.1, 0.15) is 5.75 Å². The molecule has 1 aliphatic heterocycles. The third kappa shape index (κ3) is 3.32. The number of nitrogens with zero attached hydrogens (tertiary/aromatic N) is 1. The first-order valence-corrected chi connectivity index (χ1v) is 8.37. The normalized spacial score (nSPS) is 13.3. The van der Waals surface area contributed by atoms with Crippen LogP contribution in [0.3, 0.4) is 0 Å². The van der Waals surface area contributed by atoms with Gasteiger partial charge in [-0.25, -0.2) is 0 Å². The van der Waals surface area contributed by atoms with Crippen LogP contribution in [0.5, 0.6) is 5.75 Å². The molecule has 24 heavy (non-hydrogen) atoms. The predicted octanol–water partition coefficient (Wildman–Crippen LogP) is 3.70. The number of benzene rings is 2. The molecule has 0 aliphatic carbocycles. The van der Waals surface area contributed by atoms with Gasteiger partial charge < -0.3 is 4.74 Å². The highest BCUT2D eigenvalue weighted by Gasteiger charge is 2.34. The van der Waals surface area contributed by atoms with E-state index in [4.69, 9.17) is 4.74 Å². The van der Waals surface area contributed by atoms with Crippen molar-refractivity contribution in [3.63, 3.8) is 0 Å².